The molecule has 0 bridgehead atoms. The first kappa shape index (κ1) is 20.1. The Bertz CT molecular complexity index is 821. The van der Waals surface area contributed by atoms with E-state index in [1.54, 1.807) is 0 Å². The van der Waals surface area contributed by atoms with E-state index in [-0.39, 0.29) is 11.8 Å². The van der Waals surface area contributed by atoms with Crippen LogP contribution in [0.25, 0.3) is 0 Å². The van der Waals surface area contributed by atoms with Crippen molar-refractivity contribution in [2.24, 2.45) is 0 Å². The van der Waals surface area contributed by atoms with Gasteiger partial charge in [0.15, 0.2) is 0 Å². The van der Waals surface area contributed by atoms with Gasteiger partial charge in [0, 0.05) is 30.4 Å². The molecule has 28 heavy (non-hydrogen) atoms. The van der Waals surface area contributed by atoms with Crippen LogP contribution in [0.1, 0.15) is 36.0 Å². The van der Waals surface area contributed by atoms with Gasteiger partial charge in [-0.15, -0.1) is 0 Å². The number of carbonyl (C=O) groups is 2. The highest BCUT2D eigenvalue weighted by Crippen LogP contribution is 2.27. The van der Waals surface area contributed by atoms with Crippen LogP contribution in [0.4, 0.5) is 11.4 Å². The van der Waals surface area contributed by atoms with Crippen LogP contribution in [0.2, 0.25) is 0 Å². The first-order valence-electron chi connectivity index (χ1n) is 9.89. The topological polar surface area (TPSA) is 61.4 Å². The van der Waals surface area contributed by atoms with E-state index < -0.39 is 0 Å². The Hall–Kier alpha value is -2.66. The van der Waals surface area contributed by atoms with Gasteiger partial charge in [0.25, 0.3) is 0 Å². The monoisotopic (exact) mass is 379 g/mol. The van der Waals surface area contributed by atoms with Crippen molar-refractivity contribution in [3.05, 3.63) is 59.2 Å². The second kappa shape index (κ2) is 9.02. The van der Waals surface area contributed by atoms with Gasteiger partial charge in [0.05, 0.1) is 6.54 Å². The first-order valence-corrected chi connectivity index (χ1v) is 9.89. The second-order valence-electron chi connectivity index (χ2n) is 7.68. The molecule has 148 valence electrons. The van der Waals surface area contributed by atoms with Crippen molar-refractivity contribution < 1.29 is 9.59 Å². The summed E-state index contributed by atoms with van der Waals surface area (Å²) in [5, 5.41) is 5.97. The van der Waals surface area contributed by atoms with Crippen LogP contribution in [-0.2, 0) is 9.59 Å². The summed E-state index contributed by atoms with van der Waals surface area (Å²) in [7, 11) is 0. The van der Waals surface area contributed by atoms with E-state index in [0.717, 1.165) is 40.9 Å². The number of benzene rings is 2. The average Bonchev–Trinajstić information content (AvgIpc) is 3.49. The summed E-state index contributed by atoms with van der Waals surface area (Å²) in [6.45, 7) is 6.91. The number of aryl methyl sites for hydroxylation is 3. The molecule has 3 rings (SSSR count). The number of anilines is 2. The Kier molecular flexibility index (Phi) is 6.47. The van der Waals surface area contributed by atoms with Gasteiger partial charge in [0.1, 0.15) is 0 Å². The molecular formula is C23H29N3O2. The second-order valence-corrected chi connectivity index (χ2v) is 7.68. The van der Waals surface area contributed by atoms with Crippen LogP contribution < -0.4 is 10.6 Å². The lowest BCUT2D eigenvalue weighted by Crippen LogP contribution is -2.37. The molecule has 0 heterocycles. The summed E-state index contributed by atoms with van der Waals surface area (Å²) in [5.41, 5.74) is 4.97. The Morgan fingerprint density at radius 3 is 2.18 bits per heavy atom. The summed E-state index contributed by atoms with van der Waals surface area (Å²) < 4.78 is 0. The summed E-state index contributed by atoms with van der Waals surface area (Å²) in [6, 6.07) is 14.2. The number of carbonyl (C=O) groups excluding carboxylic acids is 2. The lowest BCUT2D eigenvalue weighted by molar-refractivity contribution is -0.119. The SMILES string of the molecule is Cc1ccc(NC(=O)CCN(CC(=O)Nc2c(C)cccc2C)C2CC2)cc1. The Balaban J connectivity index is 1.51. The number of hydrogen-bond acceptors (Lipinski definition) is 3. The fraction of sp³-hybridized carbons (Fsp3) is 0.391. The maximum Gasteiger partial charge on any atom is 0.238 e. The quantitative estimate of drug-likeness (QED) is 0.728. The van der Waals surface area contributed by atoms with E-state index in [1.807, 2.05) is 63.2 Å². The molecule has 0 saturated heterocycles. The minimum absolute atomic E-state index is 0.0235. The molecule has 1 saturated carbocycles. The van der Waals surface area contributed by atoms with Crippen LogP contribution in [0.5, 0.6) is 0 Å². The molecule has 2 N–H and O–H groups in total. The van der Waals surface area contributed by atoms with Crippen LogP contribution >= 0.6 is 0 Å². The summed E-state index contributed by atoms with van der Waals surface area (Å²) in [4.78, 5) is 27.0. The molecule has 2 aromatic carbocycles. The van der Waals surface area contributed by atoms with Gasteiger partial charge in [-0.05, 0) is 56.9 Å². The van der Waals surface area contributed by atoms with Gasteiger partial charge in [-0.25, -0.2) is 0 Å². The molecule has 0 aromatic heterocycles. The van der Waals surface area contributed by atoms with E-state index in [2.05, 4.69) is 15.5 Å². The highest BCUT2D eigenvalue weighted by atomic mass is 16.2. The zero-order chi connectivity index (χ0) is 20.1. The van der Waals surface area contributed by atoms with Crippen molar-refractivity contribution in [1.29, 1.82) is 0 Å². The van der Waals surface area contributed by atoms with Crippen molar-refractivity contribution in [2.45, 2.75) is 46.1 Å². The van der Waals surface area contributed by atoms with Gasteiger partial charge in [-0.3, -0.25) is 14.5 Å². The molecule has 0 radical (unpaired) electrons. The molecule has 0 aliphatic heterocycles. The third-order valence-electron chi connectivity index (χ3n) is 5.12. The van der Waals surface area contributed by atoms with Gasteiger partial charge in [0.2, 0.25) is 11.8 Å². The number of rotatable bonds is 8. The lowest BCUT2D eigenvalue weighted by Gasteiger charge is -2.22. The number of hydrogen-bond donors (Lipinski definition) is 2. The third kappa shape index (κ3) is 5.67. The molecule has 2 aromatic rings. The molecule has 5 nitrogen and oxygen atoms in total. The van der Waals surface area contributed by atoms with Crippen molar-refractivity contribution in [3.8, 4) is 0 Å². The molecule has 5 heteroatoms. The maximum absolute atomic E-state index is 12.6. The predicted octanol–water partition coefficient (Wildman–Crippen LogP) is 4.04. The molecule has 0 unspecified atom stereocenters. The van der Waals surface area contributed by atoms with Crippen LogP contribution in [0.15, 0.2) is 42.5 Å². The van der Waals surface area contributed by atoms with Crippen LogP contribution in [-0.4, -0.2) is 35.8 Å². The lowest BCUT2D eigenvalue weighted by atomic mass is 10.1. The normalized spacial score (nSPS) is 13.4. The summed E-state index contributed by atoms with van der Waals surface area (Å²) >= 11 is 0. The van der Waals surface area contributed by atoms with E-state index >= 15 is 0 Å². The summed E-state index contributed by atoms with van der Waals surface area (Å²) in [5.74, 6) is -0.0482. The largest absolute Gasteiger partial charge is 0.326 e. The van der Waals surface area contributed by atoms with E-state index in [9.17, 15) is 9.59 Å². The van der Waals surface area contributed by atoms with E-state index in [1.165, 1.54) is 0 Å². The van der Waals surface area contributed by atoms with Crippen molar-refractivity contribution in [2.75, 3.05) is 23.7 Å². The Morgan fingerprint density at radius 2 is 1.57 bits per heavy atom. The molecule has 0 spiro atoms. The summed E-state index contributed by atoms with van der Waals surface area (Å²) in [6.07, 6.45) is 2.56. The standard InChI is InChI=1S/C23H29N3O2/c1-16-7-9-19(10-8-16)24-21(27)13-14-26(20-11-12-20)15-22(28)25-23-17(2)5-4-6-18(23)3/h4-10,20H,11-15H2,1-3H3,(H,24,27)(H,25,28). The van der Waals surface area contributed by atoms with E-state index in [0.29, 0.717) is 25.6 Å². The van der Waals surface area contributed by atoms with Gasteiger partial charge in [-0.2, -0.15) is 0 Å². The molecule has 0 atom stereocenters. The third-order valence-corrected chi connectivity index (χ3v) is 5.12. The zero-order valence-corrected chi connectivity index (χ0v) is 16.9. The number of para-hydroxylation sites is 1. The fourth-order valence-corrected chi connectivity index (χ4v) is 3.31. The highest BCUT2D eigenvalue weighted by molar-refractivity contribution is 5.94. The number of nitrogens with zero attached hydrogens (tertiary/aromatic N) is 1. The predicted molar refractivity (Wildman–Crippen MR) is 114 cm³/mol. The fourth-order valence-electron chi connectivity index (χ4n) is 3.31. The molecule has 2 amide bonds. The zero-order valence-electron chi connectivity index (χ0n) is 16.9. The van der Waals surface area contributed by atoms with Crippen molar-refractivity contribution >= 4 is 23.2 Å². The molecular weight excluding hydrogens is 350 g/mol. The Labute approximate surface area is 167 Å². The van der Waals surface area contributed by atoms with Gasteiger partial charge >= 0.3 is 0 Å². The smallest absolute Gasteiger partial charge is 0.238 e. The minimum Gasteiger partial charge on any atom is -0.326 e. The van der Waals surface area contributed by atoms with Gasteiger partial charge in [-0.1, -0.05) is 35.9 Å². The first-order chi connectivity index (χ1) is 13.4. The van der Waals surface area contributed by atoms with Gasteiger partial charge < -0.3 is 10.6 Å². The van der Waals surface area contributed by atoms with Crippen LogP contribution in [0, 0.1) is 20.8 Å². The number of nitrogens with one attached hydrogen (secondary N) is 2. The minimum atomic E-state index is -0.0248. The van der Waals surface area contributed by atoms with E-state index in [4.69, 9.17) is 0 Å². The molecule has 1 aliphatic rings. The number of amides is 2. The van der Waals surface area contributed by atoms with Crippen LogP contribution in [0.3, 0.4) is 0 Å². The molecule has 1 aliphatic carbocycles. The van der Waals surface area contributed by atoms with Crippen molar-refractivity contribution in [1.82, 2.24) is 4.90 Å². The van der Waals surface area contributed by atoms with Crippen molar-refractivity contribution in [3.63, 3.8) is 0 Å². The average molecular weight is 380 g/mol. The maximum atomic E-state index is 12.6. The molecule has 1 fully saturated rings. The highest BCUT2D eigenvalue weighted by Gasteiger charge is 2.30. The Morgan fingerprint density at radius 1 is 0.929 bits per heavy atom.